The van der Waals surface area contributed by atoms with Gasteiger partial charge in [-0.2, -0.15) is 26.3 Å². The highest BCUT2D eigenvalue weighted by molar-refractivity contribution is 6.30. The average molecular weight is 663 g/mol. The number of halogens is 8. The third kappa shape index (κ3) is 8.97. The molecule has 238 valence electrons. The fourth-order valence-electron chi connectivity index (χ4n) is 4.77. The molecule has 0 aliphatic heterocycles. The largest absolute Gasteiger partial charge is 0.491 e. The molecule has 0 amide bonds. The van der Waals surface area contributed by atoms with Crippen molar-refractivity contribution in [3.63, 3.8) is 0 Å². The van der Waals surface area contributed by atoms with Crippen molar-refractivity contribution in [1.29, 1.82) is 0 Å². The molecule has 6 nitrogen and oxygen atoms in total. The Morgan fingerprint density at radius 3 is 1.43 bits per heavy atom. The summed E-state index contributed by atoms with van der Waals surface area (Å²) in [5, 5.41) is -1.40. The number of benzene rings is 2. The maximum atomic E-state index is 13.1. The Hall–Kier alpha value is -3.12. The topological polar surface area (TPSA) is 70.0 Å². The highest BCUT2D eigenvalue weighted by atomic mass is 35.5. The number of hydrogen-bond donors (Lipinski definition) is 0. The summed E-state index contributed by atoms with van der Waals surface area (Å²) >= 11 is 11.3. The Bertz CT molecular complexity index is 1600. The summed E-state index contributed by atoms with van der Waals surface area (Å²) < 4.78 is 90.4. The Labute approximate surface area is 260 Å². The number of nitrogens with zero attached hydrogens (tertiary/aromatic N) is 4. The van der Waals surface area contributed by atoms with Gasteiger partial charge in [0.1, 0.15) is 11.5 Å². The van der Waals surface area contributed by atoms with Crippen LogP contribution in [0.2, 0.25) is 10.3 Å². The van der Waals surface area contributed by atoms with Gasteiger partial charge in [0.2, 0.25) is 0 Å². The lowest BCUT2D eigenvalue weighted by Gasteiger charge is -2.18. The lowest BCUT2D eigenvalue weighted by atomic mass is 9.96. The molecule has 0 saturated heterocycles. The second-order valence-electron chi connectivity index (χ2n) is 10.8. The molecule has 0 saturated carbocycles. The minimum atomic E-state index is -4.71. The smallest absolute Gasteiger partial charge is 0.436 e. The van der Waals surface area contributed by atoms with E-state index in [1.54, 1.807) is 12.1 Å². The molecule has 3 atom stereocenters. The number of rotatable bonds is 12. The number of fused-ring (bicyclic) bond motifs is 2. The molecule has 4 aromatic rings. The molecule has 0 aliphatic carbocycles. The maximum Gasteiger partial charge on any atom is 0.436 e. The van der Waals surface area contributed by atoms with Crippen LogP contribution in [-0.2, 0) is 12.4 Å². The summed E-state index contributed by atoms with van der Waals surface area (Å²) in [6, 6.07) is 9.11. The fourth-order valence-corrected chi connectivity index (χ4v) is 5.25. The van der Waals surface area contributed by atoms with Crippen LogP contribution >= 0.6 is 23.2 Å². The van der Waals surface area contributed by atoms with E-state index in [1.807, 2.05) is 13.8 Å². The van der Waals surface area contributed by atoms with E-state index >= 15 is 0 Å². The summed E-state index contributed by atoms with van der Waals surface area (Å²) in [7, 11) is 0. The normalized spacial score (nSPS) is 14.5. The third-order valence-corrected chi connectivity index (χ3v) is 7.54. The van der Waals surface area contributed by atoms with Crippen LogP contribution in [0.25, 0.3) is 22.1 Å². The van der Waals surface area contributed by atoms with Crippen molar-refractivity contribution in [3.8, 4) is 11.5 Å². The first-order chi connectivity index (χ1) is 20.6. The fraction of sp³-hybridized carbons (Fsp3) is 0.467. The van der Waals surface area contributed by atoms with Crippen molar-refractivity contribution in [2.75, 3.05) is 0 Å². The molecule has 3 unspecified atom stereocenters. The van der Waals surface area contributed by atoms with Gasteiger partial charge in [-0.25, -0.2) is 19.9 Å². The van der Waals surface area contributed by atoms with E-state index in [-0.39, 0.29) is 34.3 Å². The van der Waals surface area contributed by atoms with E-state index in [0.717, 1.165) is 38.5 Å². The molecule has 4 rings (SSSR count). The highest BCUT2D eigenvalue weighted by Gasteiger charge is 2.37. The monoisotopic (exact) mass is 662 g/mol. The predicted molar refractivity (Wildman–Crippen MR) is 156 cm³/mol. The van der Waals surface area contributed by atoms with Crippen LogP contribution in [0, 0.1) is 5.92 Å². The van der Waals surface area contributed by atoms with E-state index in [2.05, 4.69) is 26.9 Å². The van der Waals surface area contributed by atoms with E-state index < -0.39 is 34.0 Å². The van der Waals surface area contributed by atoms with Gasteiger partial charge >= 0.3 is 12.4 Å². The van der Waals surface area contributed by atoms with Crippen molar-refractivity contribution in [1.82, 2.24) is 19.9 Å². The average Bonchev–Trinajstić information content (AvgIpc) is 2.91. The molecule has 0 spiro atoms. The molecule has 0 bridgehead atoms. The first-order valence-corrected chi connectivity index (χ1v) is 14.8. The second-order valence-corrected chi connectivity index (χ2v) is 11.6. The van der Waals surface area contributed by atoms with Crippen molar-refractivity contribution in [2.45, 2.75) is 83.9 Å². The van der Waals surface area contributed by atoms with Gasteiger partial charge in [0, 0.05) is 12.1 Å². The Balaban J connectivity index is 1.18. The number of ether oxygens (including phenoxy) is 2. The zero-order chi connectivity index (χ0) is 32.2. The Morgan fingerprint density at radius 1 is 0.591 bits per heavy atom. The zero-order valence-electron chi connectivity index (χ0n) is 24.1. The molecular formula is C30H30Cl2F6N4O2. The molecular weight excluding hydrogens is 633 g/mol. The Morgan fingerprint density at radius 2 is 0.977 bits per heavy atom. The quantitative estimate of drug-likeness (QED) is 0.141. The molecule has 0 N–H and O–H groups in total. The third-order valence-electron chi connectivity index (χ3n) is 7.01. The molecule has 2 aromatic heterocycles. The van der Waals surface area contributed by atoms with Gasteiger partial charge in [-0.05, 0) is 69.7 Å². The van der Waals surface area contributed by atoms with Crippen LogP contribution in [0.1, 0.15) is 70.7 Å². The second kappa shape index (κ2) is 13.9. The molecule has 44 heavy (non-hydrogen) atoms. The highest BCUT2D eigenvalue weighted by Crippen LogP contribution is 2.35. The zero-order valence-corrected chi connectivity index (χ0v) is 25.6. The van der Waals surface area contributed by atoms with Gasteiger partial charge in [0.15, 0.2) is 21.7 Å². The van der Waals surface area contributed by atoms with Gasteiger partial charge in [0.05, 0.1) is 34.3 Å². The summed E-state index contributed by atoms with van der Waals surface area (Å²) in [4.78, 5) is 14.8. The SMILES string of the molecule is CC(CCCC(C)Oc1ccc2nc(C(F)(F)F)c(Cl)nc2c1)CCCC(C)Oc1ccc2nc(Cl)c(C(F)(F)F)nc2c1. The Kier molecular flexibility index (Phi) is 10.7. The molecule has 14 heteroatoms. The van der Waals surface area contributed by atoms with E-state index in [1.165, 1.54) is 24.3 Å². The van der Waals surface area contributed by atoms with Gasteiger partial charge in [-0.1, -0.05) is 43.0 Å². The summed E-state index contributed by atoms with van der Waals surface area (Å²) in [5.41, 5.74) is -1.86. The first-order valence-electron chi connectivity index (χ1n) is 14.0. The van der Waals surface area contributed by atoms with E-state index in [4.69, 9.17) is 32.7 Å². The number of hydrogen-bond acceptors (Lipinski definition) is 6. The summed E-state index contributed by atoms with van der Waals surface area (Å²) in [6.07, 6.45) is -4.34. The molecule has 2 aromatic carbocycles. The van der Waals surface area contributed by atoms with Crippen molar-refractivity contribution >= 4 is 45.3 Å². The van der Waals surface area contributed by atoms with Gasteiger partial charge < -0.3 is 9.47 Å². The standard InChI is InChI=1S/C30H30Cl2F6N4O2/c1-16(6-4-8-17(2)43-19-11-13-22-23(14-19)40-26(27(31)41-22)30(36,37)38)7-5-9-18(3)44-20-10-12-21-24(15-20)42-28(32)25(39-21)29(33,34)35/h10-18H,4-9H2,1-3H3. The lowest BCUT2D eigenvalue weighted by Crippen LogP contribution is -2.13. The van der Waals surface area contributed by atoms with Crippen molar-refractivity contribution in [2.24, 2.45) is 5.92 Å². The van der Waals surface area contributed by atoms with Crippen LogP contribution in [0.15, 0.2) is 36.4 Å². The van der Waals surface area contributed by atoms with E-state index in [0.29, 0.717) is 17.4 Å². The number of aromatic nitrogens is 4. The summed E-state index contributed by atoms with van der Waals surface area (Å²) in [5.74, 6) is 1.33. The van der Waals surface area contributed by atoms with Crippen LogP contribution < -0.4 is 9.47 Å². The van der Waals surface area contributed by atoms with Crippen LogP contribution in [0.3, 0.4) is 0 Å². The minimum Gasteiger partial charge on any atom is -0.491 e. The van der Waals surface area contributed by atoms with Gasteiger partial charge in [-0.3, -0.25) is 0 Å². The molecule has 2 heterocycles. The number of alkyl halides is 6. The maximum absolute atomic E-state index is 13.1. The van der Waals surface area contributed by atoms with Crippen LogP contribution in [-0.4, -0.2) is 32.1 Å². The molecule has 0 aliphatic rings. The van der Waals surface area contributed by atoms with Crippen LogP contribution in [0.5, 0.6) is 11.5 Å². The van der Waals surface area contributed by atoms with E-state index in [9.17, 15) is 26.3 Å². The molecule has 0 fully saturated rings. The van der Waals surface area contributed by atoms with Crippen LogP contribution in [0.4, 0.5) is 26.3 Å². The predicted octanol–water partition coefficient (Wildman–Crippen LogP) is 10.1. The minimum absolute atomic E-state index is 0.0523. The van der Waals surface area contributed by atoms with Gasteiger partial charge in [0.25, 0.3) is 0 Å². The van der Waals surface area contributed by atoms with Crippen molar-refractivity contribution in [3.05, 3.63) is 58.1 Å². The van der Waals surface area contributed by atoms with Gasteiger partial charge in [-0.15, -0.1) is 0 Å². The lowest BCUT2D eigenvalue weighted by molar-refractivity contribution is -0.141. The first kappa shape index (κ1) is 33.8. The molecule has 0 radical (unpaired) electrons. The summed E-state index contributed by atoms with van der Waals surface area (Å²) in [6.45, 7) is 6.00. The van der Waals surface area contributed by atoms with Crippen molar-refractivity contribution < 1.29 is 35.8 Å².